The second-order valence-electron chi connectivity index (χ2n) is 4.98. The van der Waals surface area contributed by atoms with Crippen molar-refractivity contribution in [3.05, 3.63) is 36.0 Å². The monoisotopic (exact) mass is 227 g/mol. The van der Waals surface area contributed by atoms with E-state index >= 15 is 0 Å². The minimum Gasteiger partial charge on any atom is -0.361 e. The van der Waals surface area contributed by atoms with Gasteiger partial charge in [0.2, 0.25) is 0 Å². The van der Waals surface area contributed by atoms with Crippen molar-refractivity contribution in [1.82, 2.24) is 4.98 Å². The third-order valence-corrected chi connectivity index (χ3v) is 3.81. The molecule has 1 N–H and O–H groups in total. The van der Waals surface area contributed by atoms with Gasteiger partial charge in [-0.25, -0.2) is 0 Å². The lowest BCUT2D eigenvalue weighted by Gasteiger charge is -2.20. The number of carbonyl (C=O) groups is 1. The molecule has 0 saturated heterocycles. The molecule has 0 unspecified atom stereocenters. The van der Waals surface area contributed by atoms with Crippen LogP contribution < -0.4 is 0 Å². The van der Waals surface area contributed by atoms with Crippen LogP contribution >= 0.6 is 0 Å². The number of Topliss-reactive ketones (excluding diaryl/α,β-unsaturated/α-hetero) is 1. The Morgan fingerprint density at radius 3 is 2.76 bits per heavy atom. The number of aromatic nitrogens is 1. The Bertz CT molecular complexity index is 535. The number of nitrogens with one attached hydrogen (secondary N) is 1. The fourth-order valence-electron chi connectivity index (χ4n) is 2.81. The molecule has 0 spiro atoms. The number of H-pyrrole nitrogens is 1. The fraction of sp³-hybridized carbons (Fsp3) is 0.400. The Hall–Kier alpha value is -1.57. The van der Waals surface area contributed by atoms with Gasteiger partial charge in [0.15, 0.2) is 5.78 Å². The van der Waals surface area contributed by atoms with Gasteiger partial charge in [-0.3, -0.25) is 4.79 Å². The molecular weight excluding hydrogens is 210 g/mol. The van der Waals surface area contributed by atoms with Gasteiger partial charge in [0, 0.05) is 28.6 Å². The van der Waals surface area contributed by atoms with Gasteiger partial charge in [-0.15, -0.1) is 0 Å². The van der Waals surface area contributed by atoms with Crippen LogP contribution in [0, 0.1) is 5.92 Å². The molecule has 1 aromatic heterocycles. The van der Waals surface area contributed by atoms with Crippen molar-refractivity contribution in [2.24, 2.45) is 5.92 Å². The Balaban J connectivity index is 1.88. The number of ketones is 1. The lowest BCUT2D eigenvalue weighted by atomic mass is 9.84. The van der Waals surface area contributed by atoms with E-state index in [1.54, 1.807) is 0 Å². The highest BCUT2D eigenvalue weighted by atomic mass is 16.1. The molecule has 1 fully saturated rings. The van der Waals surface area contributed by atoms with Gasteiger partial charge in [0.05, 0.1) is 0 Å². The highest BCUT2D eigenvalue weighted by Crippen LogP contribution is 2.27. The van der Waals surface area contributed by atoms with Gasteiger partial charge < -0.3 is 4.98 Å². The van der Waals surface area contributed by atoms with Crippen molar-refractivity contribution in [1.29, 1.82) is 0 Å². The Labute approximate surface area is 101 Å². The summed E-state index contributed by atoms with van der Waals surface area (Å²) in [5.41, 5.74) is 1.98. The predicted molar refractivity (Wildman–Crippen MR) is 69.2 cm³/mol. The minimum absolute atomic E-state index is 0.264. The van der Waals surface area contributed by atoms with Crippen molar-refractivity contribution in [3.8, 4) is 0 Å². The molecule has 1 aliphatic rings. The molecule has 2 heteroatoms. The summed E-state index contributed by atoms with van der Waals surface area (Å²) in [7, 11) is 0. The maximum Gasteiger partial charge on any atom is 0.165 e. The summed E-state index contributed by atoms with van der Waals surface area (Å²) in [4.78, 5) is 15.5. The summed E-state index contributed by atoms with van der Waals surface area (Å²) < 4.78 is 0. The zero-order valence-electron chi connectivity index (χ0n) is 9.91. The fourth-order valence-corrected chi connectivity index (χ4v) is 2.81. The van der Waals surface area contributed by atoms with Crippen LogP contribution in [-0.2, 0) is 0 Å². The standard InChI is InChI=1S/C15H17NO/c17-15(11-4-2-1-3-5-11)13-6-7-14-12(10-13)8-9-16-14/h6-11,16H,1-5H2. The van der Waals surface area contributed by atoms with Crippen molar-refractivity contribution in [2.75, 3.05) is 0 Å². The molecular formula is C15H17NO. The molecule has 0 aliphatic heterocycles. The van der Waals surface area contributed by atoms with E-state index in [-0.39, 0.29) is 5.92 Å². The maximum absolute atomic E-state index is 12.4. The largest absolute Gasteiger partial charge is 0.361 e. The van der Waals surface area contributed by atoms with Gasteiger partial charge in [0.1, 0.15) is 0 Å². The van der Waals surface area contributed by atoms with Gasteiger partial charge in [-0.1, -0.05) is 19.3 Å². The summed E-state index contributed by atoms with van der Waals surface area (Å²) in [5, 5.41) is 1.13. The van der Waals surface area contributed by atoms with Crippen molar-refractivity contribution in [3.63, 3.8) is 0 Å². The molecule has 1 heterocycles. The molecule has 17 heavy (non-hydrogen) atoms. The third-order valence-electron chi connectivity index (χ3n) is 3.81. The first kappa shape index (κ1) is 10.6. The molecule has 1 aromatic carbocycles. The number of carbonyl (C=O) groups excluding carboxylic acids is 1. The van der Waals surface area contributed by atoms with E-state index in [2.05, 4.69) is 4.98 Å². The van der Waals surface area contributed by atoms with E-state index in [1.807, 2.05) is 30.5 Å². The number of benzene rings is 1. The van der Waals surface area contributed by atoms with E-state index in [9.17, 15) is 4.79 Å². The molecule has 1 saturated carbocycles. The zero-order valence-corrected chi connectivity index (χ0v) is 9.91. The Morgan fingerprint density at radius 1 is 1.12 bits per heavy atom. The van der Waals surface area contributed by atoms with Crippen LogP contribution in [-0.4, -0.2) is 10.8 Å². The van der Waals surface area contributed by atoms with E-state index < -0.39 is 0 Å². The van der Waals surface area contributed by atoms with E-state index in [0.29, 0.717) is 5.78 Å². The molecule has 88 valence electrons. The van der Waals surface area contributed by atoms with Crippen LogP contribution in [0.15, 0.2) is 30.5 Å². The van der Waals surface area contributed by atoms with Gasteiger partial charge in [-0.05, 0) is 37.1 Å². The molecule has 0 atom stereocenters. The first-order valence-corrected chi connectivity index (χ1v) is 6.46. The molecule has 0 bridgehead atoms. The highest BCUT2D eigenvalue weighted by molar-refractivity contribution is 6.00. The molecule has 3 rings (SSSR count). The topological polar surface area (TPSA) is 32.9 Å². The first-order chi connectivity index (χ1) is 8.34. The minimum atomic E-state index is 0.264. The van der Waals surface area contributed by atoms with Crippen LogP contribution in [0.25, 0.3) is 10.9 Å². The van der Waals surface area contributed by atoms with Crippen LogP contribution in [0.3, 0.4) is 0 Å². The molecule has 0 amide bonds. The van der Waals surface area contributed by atoms with Crippen LogP contribution in [0.1, 0.15) is 42.5 Å². The number of fused-ring (bicyclic) bond motifs is 1. The summed E-state index contributed by atoms with van der Waals surface area (Å²) in [6.07, 6.45) is 7.78. The zero-order chi connectivity index (χ0) is 11.7. The summed E-state index contributed by atoms with van der Waals surface area (Å²) in [6.45, 7) is 0. The normalized spacial score (nSPS) is 17.4. The van der Waals surface area contributed by atoms with E-state index in [4.69, 9.17) is 0 Å². The number of hydrogen-bond donors (Lipinski definition) is 1. The lowest BCUT2D eigenvalue weighted by molar-refractivity contribution is 0.0889. The average molecular weight is 227 g/mol. The Kier molecular flexibility index (Phi) is 2.71. The van der Waals surface area contributed by atoms with Crippen LogP contribution in [0.2, 0.25) is 0 Å². The number of rotatable bonds is 2. The van der Waals surface area contributed by atoms with Crippen LogP contribution in [0.4, 0.5) is 0 Å². The number of hydrogen-bond acceptors (Lipinski definition) is 1. The third kappa shape index (κ3) is 1.99. The molecule has 0 radical (unpaired) electrons. The molecule has 2 nitrogen and oxygen atoms in total. The second-order valence-corrected chi connectivity index (χ2v) is 4.98. The van der Waals surface area contributed by atoms with Gasteiger partial charge in [-0.2, -0.15) is 0 Å². The average Bonchev–Trinajstić information content (AvgIpc) is 2.86. The maximum atomic E-state index is 12.4. The highest BCUT2D eigenvalue weighted by Gasteiger charge is 2.22. The van der Waals surface area contributed by atoms with Crippen LogP contribution in [0.5, 0.6) is 0 Å². The second kappa shape index (κ2) is 4.36. The molecule has 2 aromatic rings. The van der Waals surface area contributed by atoms with Crippen molar-refractivity contribution in [2.45, 2.75) is 32.1 Å². The van der Waals surface area contributed by atoms with E-state index in [0.717, 1.165) is 29.3 Å². The predicted octanol–water partition coefficient (Wildman–Crippen LogP) is 3.93. The van der Waals surface area contributed by atoms with Crippen molar-refractivity contribution < 1.29 is 4.79 Å². The Morgan fingerprint density at radius 2 is 1.94 bits per heavy atom. The van der Waals surface area contributed by atoms with Crippen molar-refractivity contribution >= 4 is 16.7 Å². The molecule has 1 aliphatic carbocycles. The quantitative estimate of drug-likeness (QED) is 0.775. The summed E-state index contributed by atoms with van der Waals surface area (Å²) in [6, 6.07) is 8.00. The van der Waals surface area contributed by atoms with E-state index in [1.165, 1.54) is 19.3 Å². The lowest BCUT2D eigenvalue weighted by Crippen LogP contribution is -2.17. The van der Waals surface area contributed by atoms with Gasteiger partial charge >= 0.3 is 0 Å². The SMILES string of the molecule is O=C(c1ccc2[nH]ccc2c1)C1CCCCC1. The summed E-state index contributed by atoms with van der Waals surface area (Å²) in [5.74, 6) is 0.605. The number of aromatic amines is 1. The van der Waals surface area contributed by atoms with Gasteiger partial charge in [0.25, 0.3) is 0 Å². The summed E-state index contributed by atoms with van der Waals surface area (Å²) >= 11 is 0. The smallest absolute Gasteiger partial charge is 0.165 e. The first-order valence-electron chi connectivity index (χ1n) is 6.46.